The number of thioether (sulfide) groups is 1. The van der Waals surface area contributed by atoms with Gasteiger partial charge in [-0.15, -0.1) is 10.2 Å². The zero-order valence-corrected chi connectivity index (χ0v) is 19.9. The van der Waals surface area contributed by atoms with E-state index in [2.05, 4.69) is 28.2 Å². The van der Waals surface area contributed by atoms with Crippen LogP contribution in [-0.4, -0.2) is 42.4 Å². The van der Waals surface area contributed by atoms with Crippen molar-refractivity contribution in [1.29, 1.82) is 0 Å². The molecule has 2 aromatic heterocycles. The average molecular weight is 458 g/mol. The van der Waals surface area contributed by atoms with E-state index in [1.165, 1.54) is 11.8 Å². The number of pyridine rings is 1. The average Bonchev–Trinajstić information content (AvgIpc) is 3.26. The van der Waals surface area contributed by atoms with Gasteiger partial charge in [0.2, 0.25) is 5.91 Å². The predicted octanol–water partition coefficient (Wildman–Crippen LogP) is 5.17. The number of para-hydroxylation sites is 1. The van der Waals surface area contributed by atoms with Crippen LogP contribution in [0.15, 0.2) is 84.3 Å². The fraction of sp³-hybridized carbons (Fsp3) is 0.231. The van der Waals surface area contributed by atoms with Gasteiger partial charge in [-0.3, -0.25) is 14.3 Å². The molecule has 1 atom stereocenters. The lowest BCUT2D eigenvalue weighted by Crippen LogP contribution is -2.36. The first-order valence-corrected chi connectivity index (χ1v) is 11.9. The molecule has 0 saturated carbocycles. The largest absolute Gasteiger partial charge is 0.338 e. The van der Waals surface area contributed by atoms with Gasteiger partial charge in [-0.2, -0.15) is 0 Å². The Morgan fingerprint density at radius 1 is 1.03 bits per heavy atom. The Balaban J connectivity index is 1.64. The fourth-order valence-electron chi connectivity index (χ4n) is 3.67. The second-order valence-electron chi connectivity index (χ2n) is 7.77. The normalized spacial score (nSPS) is 11.8. The zero-order valence-electron chi connectivity index (χ0n) is 19.0. The van der Waals surface area contributed by atoms with Gasteiger partial charge in [-0.1, -0.05) is 60.3 Å². The Morgan fingerprint density at radius 2 is 1.79 bits per heavy atom. The predicted molar refractivity (Wildman–Crippen MR) is 132 cm³/mol. The molecule has 0 bridgehead atoms. The van der Waals surface area contributed by atoms with Crippen LogP contribution in [-0.2, 0) is 11.3 Å². The summed E-state index contributed by atoms with van der Waals surface area (Å²) in [4.78, 5) is 19.4. The van der Waals surface area contributed by atoms with Gasteiger partial charge in [-0.25, -0.2) is 0 Å². The van der Waals surface area contributed by atoms with E-state index >= 15 is 0 Å². The third-order valence-corrected chi connectivity index (χ3v) is 6.48. The zero-order chi connectivity index (χ0) is 23.2. The highest BCUT2D eigenvalue weighted by Crippen LogP contribution is 2.31. The third-order valence-electron chi connectivity index (χ3n) is 5.45. The van der Waals surface area contributed by atoms with Crippen LogP contribution in [0.25, 0.3) is 17.1 Å². The molecule has 33 heavy (non-hydrogen) atoms. The molecule has 0 fully saturated rings. The summed E-state index contributed by atoms with van der Waals surface area (Å²) in [5, 5.41) is 9.32. The van der Waals surface area contributed by atoms with Crippen LogP contribution in [0.1, 0.15) is 25.0 Å². The first kappa shape index (κ1) is 22.7. The van der Waals surface area contributed by atoms with Crippen molar-refractivity contribution in [3.8, 4) is 17.1 Å². The van der Waals surface area contributed by atoms with E-state index in [1.54, 1.807) is 12.4 Å². The van der Waals surface area contributed by atoms with Crippen molar-refractivity contribution in [3.63, 3.8) is 0 Å². The van der Waals surface area contributed by atoms with Crippen molar-refractivity contribution in [1.82, 2.24) is 24.6 Å². The number of hydrogen-bond acceptors (Lipinski definition) is 5. The SMILES string of the molecule is CCN(Cc1ccccc1)C(=O)C(C)Sc1nnc(-c2cccnc2)n1-c1ccccc1C. The number of hydrogen-bond donors (Lipinski definition) is 0. The van der Waals surface area contributed by atoms with Gasteiger partial charge in [-0.05, 0) is 50.1 Å². The molecular weight excluding hydrogens is 430 g/mol. The topological polar surface area (TPSA) is 63.9 Å². The monoisotopic (exact) mass is 457 g/mol. The van der Waals surface area contributed by atoms with Gasteiger partial charge in [0.25, 0.3) is 0 Å². The minimum atomic E-state index is -0.317. The number of carbonyl (C=O) groups excluding carboxylic acids is 1. The van der Waals surface area contributed by atoms with E-state index in [0.29, 0.717) is 24.1 Å². The number of aryl methyl sites for hydroxylation is 1. The van der Waals surface area contributed by atoms with E-state index in [0.717, 1.165) is 22.4 Å². The van der Waals surface area contributed by atoms with E-state index < -0.39 is 0 Å². The first-order valence-electron chi connectivity index (χ1n) is 11.0. The minimum Gasteiger partial charge on any atom is -0.338 e. The summed E-state index contributed by atoms with van der Waals surface area (Å²) < 4.78 is 2.02. The second kappa shape index (κ2) is 10.4. The maximum absolute atomic E-state index is 13.3. The highest BCUT2D eigenvalue weighted by atomic mass is 32.2. The highest BCUT2D eigenvalue weighted by Gasteiger charge is 2.25. The minimum absolute atomic E-state index is 0.0774. The molecule has 4 rings (SSSR count). The van der Waals surface area contributed by atoms with Crippen molar-refractivity contribution in [3.05, 3.63) is 90.3 Å². The number of rotatable bonds is 8. The summed E-state index contributed by atoms with van der Waals surface area (Å²) in [6, 6.07) is 22.0. The van der Waals surface area contributed by atoms with Crippen molar-refractivity contribution in [2.45, 2.75) is 37.7 Å². The molecule has 4 aromatic rings. The summed E-state index contributed by atoms with van der Waals surface area (Å²) >= 11 is 1.43. The van der Waals surface area contributed by atoms with Crippen LogP contribution in [0.4, 0.5) is 0 Å². The summed E-state index contributed by atoms with van der Waals surface area (Å²) in [5.74, 6) is 0.782. The molecule has 0 spiro atoms. The standard InChI is InChI=1S/C26H27N5OS/c1-4-30(18-21-12-6-5-7-13-21)25(32)20(3)33-26-29-28-24(22-14-10-16-27-17-22)31(26)23-15-9-8-11-19(23)2/h5-17,20H,4,18H2,1-3H3. The van der Waals surface area contributed by atoms with Crippen LogP contribution >= 0.6 is 11.8 Å². The van der Waals surface area contributed by atoms with Gasteiger partial charge >= 0.3 is 0 Å². The van der Waals surface area contributed by atoms with Crippen LogP contribution in [0, 0.1) is 6.92 Å². The Bertz CT molecular complexity index is 1210. The number of benzene rings is 2. The van der Waals surface area contributed by atoms with Crippen LogP contribution in [0.5, 0.6) is 0 Å². The molecule has 6 nitrogen and oxygen atoms in total. The molecule has 1 amide bonds. The summed E-state index contributed by atoms with van der Waals surface area (Å²) in [7, 11) is 0. The first-order chi connectivity index (χ1) is 16.1. The molecule has 0 radical (unpaired) electrons. The molecule has 0 aliphatic rings. The Morgan fingerprint density at radius 3 is 2.48 bits per heavy atom. The van der Waals surface area contributed by atoms with Crippen LogP contribution in [0.2, 0.25) is 0 Å². The Labute approximate surface area is 198 Å². The van der Waals surface area contributed by atoms with Gasteiger partial charge in [0.05, 0.1) is 10.9 Å². The summed E-state index contributed by atoms with van der Waals surface area (Å²) in [5.41, 5.74) is 4.08. The Kier molecular flexibility index (Phi) is 7.19. The van der Waals surface area contributed by atoms with E-state index in [9.17, 15) is 4.79 Å². The maximum atomic E-state index is 13.3. The number of nitrogens with zero attached hydrogens (tertiary/aromatic N) is 5. The molecule has 1 unspecified atom stereocenters. The lowest BCUT2D eigenvalue weighted by Gasteiger charge is -2.24. The molecule has 2 aromatic carbocycles. The summed E-state index contributed by atoms with van der Waals surface area (Å²) in [6.07, 6.45) is 3.51. The number of carbonyl (C=O) groups is 1. The van der Waals surface area contributed by atoms with Gasteiger partial charge in [0.15, 0.2) is 11.0 Å². The molecule has 0 saturated heterocycles. The van der Waals surface area contributed by atoms with Crippen LogP contribution < -0.4 is 0 Å². The fourth-order valence-corrected chi connectivity index (χ4v) is 4.62. The molecule has 0 aliphatic carbocycles. The Hall–Kier alpha value is -3.45. The molecule has 0 aliphatic heterocycles. The van der Waals surface area contributed by atoms with Gasteiger partial charge < -0.3 is 4.90 Å². The lowest BCUT2D eigenvalue weighted by molar-refractivity contribution is -0.130. The third kappa shape index (κ3) is 5.14. The van der Waals surface area contributed by atoms with E-state index in [-0.39, 0.29) is 11.2 Å². The van der Waals surface area contributed by atoms with Crippen molar-refractivity contribution in [2.24, 2.45) is 0 Å². The van der Waals surface area contributed by atoms with E-state index in [1.807, 2.05) is 84.0 Å². The van der Waals surface area contributed by atoms with Crippen molar-refractivity contribution in [2.75, 3.05) is 6.54 Å². The molecular formula is C26H27N5OS. The molecule has 168 valence electrons. The van der Waals surface area contributed by atoms with Crippen LogP contribution in [0.3, 0.4) is 0 Å². The summed E-state index contributed by atoms with van der Waals surface area (Å²) in [6.45, 7) is 7.23. The molecule has 7 heteroatoms. The number of amides is 1. The second-order valence-corrected chi connectivity index (χ2v) is 9.08. The smallest absolute Gasteiger partial charge is 0.236 e. The van der Waals surface area contributed by atoms with Gasteiger partial charge in [0.1, 0.15) is 0 Å². The highest BCUT2D eigenvalue weighted by molar-refractivity contribution is 8.00. The quantitative estimate of drug-likeness (QED) is 0.342. The number of aromatic nitrogens is 4. The van der Waals surface area contributed by atoms with Crippen molar-refractivity contribution < 1.29 is 4.79 Å². The van der Waals surface area contributed by atoms with Crippen molar-refractivity contribution >= 4 is 17.7 Å². The van der Waals surface area contributed by atoms with E-state index in [4.69, 9.17) is 0 Å². The maximum Gasteiger partial charge on any atom is 0.236 e. The lowest BCUT2D eigenvalue weighted by atomic mass is 10.2. The molecule has 2 heterocycles. The van der Waals surface area contributed by atoms with Gasteiger partial charge in [0, 0.05) is 31.0 Å². The molecule has 0 N–H and O–H groups in total.